The zero-order valence-corrected chi connectivity index (χ0v) is 22.1. The molecule has 1 aromatic heterocycles. The number of nitrogens with zero attached hydrogens (tertiary/aromatic N) is 1. The van der Waals surface area contributed by atoms with E-state index in [1.165, 1.54) is 18.3 Å². The second-order valence-electron chi connectivity index (χ2n) is 9.55. The number of benzene rings is 2. The maximum absolute atomic E-state index is 14.1. The number of carbonyl (C=O) groups is 3. The van der Waals surface area contributed by atoms with Crippen molar-refractivity contribution >= 4 is 40.5 Å². The SMILES string of the molecule is CC(=O)N1C(C(=O)NCC2CCCO2)C(c2ccc(Cl)cc2)C(C(=O)c2cccs2)C1c1ccccc1. The lowest BCUT2D eigenvalue weighted by molar-refractivity contribution is -0.139. The second-order valence-corrected chi connectivity index (χ2v) is 10.9. The van der Waals surface area contributed by atoms with Crippen molar-refractivity contribution in [3.63, 3.8) is 0 Å². The van der Waals surface area contributed by atoms with Crippen molar-refractivity contribution in [2.24, 2.45) is 5.92 Å². The molecule has 5 unspecified atom stereocenters. The maximum atomic E-state index is 14.1. The molecular weight excluding hydrogens is 508 g/mol. The van der Waals surface area contributed by atoms with E-state index in [4.69, 9.17) is 16.3 Å². The first-order valence-electron chi connectivity index (χ1n) is 12.5. The Kier molecular flexibility index (Phi) is 7.74. The fourth-order valence-electron chi connectivity index (χ4n) is 5.70. The molecule has 0 spiro atoms. The Morgan fingerprint density at radius 3 is 2.41 bits per heavy atom. The second kappa shape index (κ2) is 11.2. The summed E-state index contributed by atoms with van der Waals surface area (Å²) in [5.74, 6) is -1.85. The Labute approximate surface area is 225 Å². The topological polar surface area (TPSA) is 75.7 Å². The van der Waals surface area contributed by atoms with Gasteiger partial charge in [0.05, 0.1) is 22.9 Å². The van der Waals surface area contributed by atoms with Crippen LogP contribution in [0.2, 0.25) is 5.02 Å². The molecule has 2 aromatic carbocycles. The molecule has 5 atom stereocenters. The van der Waals surface area contributed by atoms with E-state index in [1.54, 1.807) is 23.1 Å². The number of halogens is 1. The first-order valence-corrected chi connectivity index (χ1v) is 13.8. The molecule has 0 saturated carbocycles. The lowest BCUT2D eigenvalue weighted by Crippen LogP contribution is -2.49. The Balaban J connectivity index is 1.64. The van der Waals surface area contributed by atoms with Crippen LogP contribution >= 0.6 is 22.9 Å². The van der Waals surface area contributed by atoms with Gasteiger partial charge in [0.15, 0.2) is 5.78 Å². The number of hydrogen-bond acceptors (Lipinski definition) is 5. The molecule has 2 fully saturated rings. The third-order valence-electron chi connectivity index (χ3n) is 7.29. The molecule has 192 valence electrons. The molecule has 0 bridgehead atoms. The summed E-state index contributed by atoms with van der Waals surface area (Å²) in [4.78, 5) is 43.5. The van der Waals surface area contributed by atoms with Crippen molar-refractivity contribution in [1.82, 2.24) is 10.2 Å². The molecule has 2 amide bonds. The number of thiophene rings is 1. The van der Waals surface area contributed by atoms with Crippen LogP contribution < -0.4 is 5.32 Å². The number of hydrogen-bond donors (Lipinski definition) is 1. The normalized spacial score (nSPS) is 25.2. The van der Waals surface area contributed by atoms with Crippen LogP contribution in [-0.4, -0.2) is 47.8 Å². The summed E-state index contributed by atoms with van der Waals surface area (Å²) in [6.45, 7) is 2.52. The Morgan fingerprint density at radius 2 is 1.78 bits per heavy atom. The minimum Gasteiger partial charge on any atom is -0.376 e. The lowest BCUT2D eigenvalue weighted by Gasteiger charge is -2.30. The predicted octanol–water partition coefficient (Wildman–Crippen LogP) is 5.25. The van der Waals surface area contributed by atoms with Crippen LogP contribution in [0, 0.1) is 5.92 Å². The minimum atomic E-state index is -0.876. The van der Waals surface area contributed by atoms with Crippen LogP contribution in [0.4, 0.5) is 0 Å². The molecular formula is C29H29ClN2O4S. The summed E-state index contributed by atoms with van der Waals surface area (Å²) in [6, 6.07) is 18.9. The van der Waals surface area contributed by atoms with E-state index in [0.29, 0.717) is 23.1 Å². The molecule has 8 heteroatoms. The molecule has 0 aliphatic carbocycles. The van der Waals surface area contributed by atoms with Gasteiger partial charge in [0.1, 0.15) is 6.04 Å². The quantitative estimate of drug-likeness (QED) is 0.418. The zero-order valence-electron chi connectivity index (χ0n) is 20.5. The van der Waals surface area contributed by atoms with Crippen molar-refractivity contribution in [3.8, 4) is 0 Å². The Morgan fingerprint density at radius 1 is 1.03 bits per heavy atom. The van der Waals surface area contributed by atoms with E-state index in [2.05, 4.69) is 5.32 Å². The van der Waals surface area contributed by atoms with Crippen molar-refractivity contribution < 1.29 is 19.1 Å². The molecule has 37 heavy (non-hydrogen) atoms. The van der Waals surface area contributed by atoms with Gasteiger partial charge in [-0.05, 0) is 47.5 Å². The number of rotatable bonds is 7. The molecule has 2 saturated heterocycles. The van der Waals surface area contributed by atoms with E-state index < -0.39 is 23.9 Å². The zero-order chi connectivity index (χ0) is 25.9. The fraction of sp³-hybridized carbons (Fsp3) is 0.345. The number of likely N-dealkylation sites (tertiary alicyclic amines) is 1. The molecule has 1 N–H and O–H groups in total. The van der Waals surface area contributed by atoms with E-state index in [9.17, 15) is 14.4 Å². The molecule has 6 nitrogen and oxygen atoms in total. The summed E-state index contributed by atoms with van der Waals surface area (Å²) in [6.07, 6.45) is 1.80. The van der Waals surface area contributed by atoms with Gasteiger partial charge >= 0.3 is 0 Å². The standard InChI is InChI=1S/C29H29ClN2O4S/c1-18(33)32-26(20-7-3-2-4-8-20)25(28(34)23-10-6-16-37-23)24(19-11-13-21(30)14-12-19)27(32)29(35)31-17-22-9-5-15-36-22/h2-4,6-8,10-14,16,22,24-27H,5,9,15,17H2,1H3,(H,31,35). The van der Waals surface area contributed by atoms with Crippen molar-refractivity contribution in [3.05, 3.63) is 93.1 Å². The third-order valence-corrected chi connectivity index (χ3v) is 8.43. The number of ether oxygens (including phenoxy) is 1. The monoisotopic (exact) mass is 536 g/mol. The molecule has 3 heterocycles. The summed E-state index contributed by atoms with van der Waals surface area (Å²) < 4.78 is 5.70. The fourth-order valence-corrected chi connectivity index (χ4v) is 6.54. The van der Waals surface area contributed by atoms with Gasteiger partial charge in [0.25, 0.3) is 0 Å². The van der Waals surface area contributed by atoms with Crippen molar-refractivity contribution in [1.29, 1.82) is 0 Å². The Bertz CT molecular complexity index is 1240. The lowest BCUT2D eigenvalue weighted by atomic mass is 9.77. The van der Waals surface area contributed by atoms with Gasteiger partial charge in [0.2, 0.25) is 11.8 Å². The van der Waals surface area contributed by atoms with Crippen LogP contribution in [0.1, 0.15) is 52.5 Å². The van der Waals surface area contributed by atoms with E-state index in [1.807, 2.05) is 53.9 Å². The van der Waals surface area contributed by atoms with Gasteiger partial charge < -0.3 is 15.0 Å². The number of carbonyl (C=O) groups excluding carboxylic acids is 3. The van der Waals surface area contributed by atoms with Crippen LogP contribution in [-0.2, 0) is 14.3 Å². The van der Waals surface area contributed by atoms with Crippen LogP contribution in [0.5, 0.6) is 0 Å². The van der Waals surface area contributed by atoms with Gasteiger partial charge in [-0.3, -0.25) is 14.4 Å². The molecule has 3 aromatic rings. The average Bonchev–Trinajstić information content (AvgIpc) is 3.68. The van der Waals surface area contributed by atoms with Gasteiger partial charge in [-0.1, -0.05) is 60.1 Å². The number of nitrogens with one attached hydrogen (secondary N) is 1. The highest BCUT2D eigenvalue weighted by Gasteiger charge is 2.56. The summed E-state index contributed by atoms with van der Waals surface area (Å²) >= 11 is 7.57. The minimum absolute atomic E-state index is 0.0430. The first-order chi connectivity index (χ1) is 18.0. The maximum Gasteiger partial charge on any atom is 0.243 e. The smallest absolute Gasteiger partial charge is 0.243 e. The Hall–Kier alpha value is -3.00. The molecule has 2 aliphatic rings. The number of Topliss-reactive ketones (excluding diaryl/α,β-unsaturated/α-hetero) is 1. The summed E-state index contributed by atoms with van der Waals surface area (Å²) in [5, 5.41) is 5.46. The average molecular weight is 537 g/mol. The largest absolute Gasteiger partial charge is 0.376 e. The van der Waals surface area contributed by atoms with Crippen molar-refractivity contribution in [2.45, 2.75) is 43.9 Å². The van der Waals surface area contributed by atoms with Gasteiger partial charge in [-0.25, -0.2) is 0 Å². The summed E-state index contributed by atoms with van der Waals surface area (Å²) in [5.41, 5.74) is 1.61. The van der Waals surface area contributed by atoms with Crippen LogP contribution in [0.3, 0.4) is 0 Å². The van der Waals surface area contributed by atoms with E-state index >= 15 is 0 Å². The van der Waals surface area contributed by atoms with Crippen LogP contribution in [0.15, 0.2) is 72.1 Å². The highest BCUT2D eigenvalue weighted by atomic mass is 35.5. The van der Waals surface area contributed by atoms with Crippen molar-refractivity contribution in [2.75, 3.05) is 13.2 Å². The molecule has 5 rings (SSSR count). The number of amides is 2. The van der Waals surface area contributed by atoms with Gasteiger partial charge in [-0.15, -0.1) is 11.3 Å². The van der Waals surface area contributed by atoms with E-state index in [-0.39, 0.29) is 23.7 Å². The van der Waals surface area contributed by atoms with Gasteiger partial charge in [-0.2, -0.15) is 0 Å². The first kappa shape index (κ1) is 25.6. The summed E-state index contributed by atoms with van der Waals surface area (Å²) in [7, 11) is 0. The van der Waals surface area contributed by atoms with Crippen LogP contribution in [0.25, 0.3) is 0 Å². The number of ketones is 1. The molecule has 0 radical (unpaired) electrons. The van der Waals surface area contributed by atoms with Gasteiger partial charge in [0, 0.05) is 31.0 Å². The molecule has 2 aliphatic heterocycles. The third kappa shape index (κ3) is 5.21. The van der Waals surface area contributed by atoms with E-state index in [0.717, 1.165) is 24.0 Å². The predicted molar refractivity (Wildman–Crippen MR) is 144 cm³/mol. The highest BCUT2D eigenvalue weighted by molar-refractivity contribution is 7.12. The highest BCUT2D eigenvalue weighted by Crippen LogP contribution is 2.51.